The first-order chi connectivity index (χ1) is 2.64. The molecule has 1 amide bonds. The summed E-state index contributed by atoms with van der Waals surface area (Å²) in [7, 11) is 0. The first-order valence-electron chi connectivity index (χ1n) is 1.02. The average Bonchev–Trinajstić information content (AvgIpc) is 1.36. The molecule has 0 spiro atoms. The summed E-state index contributed by atoms with van der Waals surface area (Å²) in [5.41, 5.74) is 0. The van der Waals surface area contributed by atoms with E-state index in [1.165, 1.54) is 0 Å². The summed E-state index contributed by atoms with van der Waals surface area (Å²) in [6.07, 6.45) is -2.02. The molecule has 0 saturated heterocycles. The predicted octanol–water partition coefficient (Wildman–Crippen LogP) is 0.240. The molecule has 36 valence electrons. The van der Waals surface area contributed by atoms with Crippen LogP contribution in [-0.2, 0) is 0 Å². The van der Waals surface area contributed by atoms with Gasteiger partial charge in [0.1, 0.15) is 0 Å². The summed E-state index contributed by atoms with van der Waals surface area (Å²) in [5.74, 6) is 0. The molecular weight excluding hydrogens is 93.0 g/mol. The Morgan fingerprint density at radius 2 is 2.00 bits per heavy atom. The highest BCUT2D eigenvalue weighted by atomic mass is 19.2. The Morgan fingerprint density at radius 3 is 2.00 bits per heavy atom. The second kappa shape index (κ2) is 1.56. The van der Waals surface area contributed by atoms with E-state index >= 15 is 0 Å². The molecule has 0 heterocycles. The van der Waals surface area contributed by atoms with Gasteiger partial charge in [0, 0.05) is 0 Å². The molecule has 0 aromatic carbocycles. The number of carbonyl (C=O) groups is 1. The molecule has 0 aromatic heterocycles. The summed E-state index contributed by atoms with van der Waals surface area (Å²) >= 11 is 0. The Hall–Kier alpha value is -0.840. The molecule has 0 radical (unpaired) electrons. The Morgan fingerprint density at radius 1 is 1.83 bits per heavy atom. The minimum atomic E-state index is -2.02. The number of hydrogen-bond acceptors (Lipinski definition) is 2. The zero-order valence-electron chi connectivity index (χ0n) is 2.63. The van der Waals surface area contributed by atoms with Gasteiger partial charge in [-0.05, 0) is 5.29 Å². The van der Waals surface area contributed by atoms with Gasteiger partial charge < -0.3 is 5.11 Å². The Bertz CT molecular complexity index is 61.8. The fourth-order valence-electron chi connectivity index (χ4n) is 0. The van der Waals surface area contributed by atoms with E-state index in [-0.39, 0.29) is 0 Å². The van der Waals surface area contributed by atoms with Crippen molar-refractivity contribution in [2.24, 2.45) is 0 Å². The second-order valence-electron chi connectivity index (χ2n) is 0.543. The van der Waals surface area contributed by atoms with E-state index in [1.54, 1.807) is 0 Å². The number of halogens is 1. The highest BCUT2D eigenvalue weighted by Gasteiger charge is 2.01. The highest BCUT2D eigenvalue weighted by Crippen LogP contribution is 1.77. The van der Waals surface area contributed by atoms with E-state index in [4.69, 9.17) is 15.1 Å². The molecule has 0 unspecified atom stereocenters. The lowest BCUT2D eigenvalue weighted by atomic mass is 11.3. The molecular formula is CH2FNO3. The molecule has 0 aliphatic rings. The van der Waals surface area contributed by atoms with Gasteiger partial charge in [-0.2, -0.15) is 0 Å². The molecule has 0 aromatic rings. The van der Waals surface area contributed by atoms with Crippen molar-refractivity contribution in [3.05, 3.63) is 0 Å². The van der Waals surface area contributed by atoms with Crippen molar-refractivity contribution < 1.29 is 19.6 Å². The Kier molecular flexibility index (Phi) is 1.34. The van der Waals surface area contributed by atoms with E-state index in [0.29, 0.717) is 0 Å². The van der Waals surface area contributed by atoms with Gasteiger partial charge in [-0.15, -0.1) is 0 Å². The molecule has 0 aliphatic carbocycles. The zero-order chi connectivity index (χ0) is 5.15. The number of amides is 1. The Labute approximate surface area is 32.3 Å². The van der Waals surface area contributed by atoms with E-state index in [9.17, 15) is 4.48 Å². The molecule has 5 heteroatoms. The monoisotopic (exact) mass is 95.0 g/mol. The van der Waals surface area contributed by atoms with E-state index in [0.717, 1.165) is 0 Å². The van der Waals surface area contributed by atoms with Gasteiger partial charge in [-0.1, -0.05) is 4.48 Å². The van der Waals surface area contributed by atoms with Crippen molar-refractivity contribution in [2.75, 3.05) is 0 Å². The highest BCUT2D eigenvalue weighted by molar-refractivity contribution is 5.61. The third-order valence-corrected chi connectivity index (χ3v) is 0.158. The maximum absolute atomic E-state index is 10.6. The number of nitrogens with zero attached hydrogens (tertiary/aromatic N) is 1. The van der Waals surface area contributed by atoms with Gasteiger partial charge in [0.25, 0.3) is 0 Å². The van der Waals surface area contributed by atoms with Crippen molar-refractivity contribution in [3.63, 3.8) is 0 Å². The Balaban J connectivity index is 3.26. The SMILES string of the molecule is O=C(O)N(O)F. The van der Waals surface area contributed by atoms with Gasteiger partial charge in [0.2, 0.25) is 0 Å². The largest absolute Gasteiger partial charge is 0.462 e. The fraction of sp³-hybridized carbons (Fsp3) is 0. The minimum Gasteiger partial charge on any atom is -0.462 e. The lowest BCUT2D eigenvalue weighted by molar-refractivity contribution is -0.199. The van der Waals surface area contributed by atoms with Crippen LogP contribution in [0, 0.1) is 0 Å². The van der Waals surface area contributed by atoms with Crippen LogP contribution in [0.15, 0.2) is 0 Å². The lowest BCUT2D eigenvalue weighted by Gasteiger charge is -1.90. The van der Waals surface area contributed by atoms with Crippen molar-refractivity contribution in [1.29, 1.82) is 0 Å². The fourth-order valence-corrected chi connectivity index (χ4v) is 0. The second-order valence-corrected chi connectivity index (χ2v) is 0.543. The normalized spacial score (nSPS) is 7.67. The zero-order valence-corrected chi connectivity index (χ0v) is 2.63. The third-order valence-electron chi connectivity index (χ3n) is 0.158. The predicted molar refractivity (Wildman–Crippen MR) is 12.8 cm³/mol. The lowest BCUT2D eigenvalue weighted by Crippen LogP contribution is -2.14. The van der Waals surface area contributed by atoms with Gasteiger partial charge in [-0.3, -0.25) is 5.21 Å². The number of carboxylic acid groups (broad SMARTS) is 1. The van der Waals surface area contributed by atoms with E-state index < -0.39 is 11.4 Å². The molecule has 6 heavy (non-hydrogen) atoms. The maximum Gasteiger partial charge on any atom is 0.461 e. The molecule has 0 fully saturated rings. The molecule has 0 aliphatic heterocycles. The molecule has 0 saturated carbocycles. The quantitative estimate of drug-likeness (QED) is 0.257. The van der Waals surface area contributed by atoms with Crippen LogP contribution in [0.3, 0.4) is 0 Å². The summed E-state index contributed by atoms with van der Waals surface area (Å²) in [4.78, 5) is 9.00. The molecule has 0 atom stereocenters. The van der Waals surface area contributed by atoms with Crippen LogP contribution < -0.4 is 0 Å². The molecule has 4 nitrogen and oxygen atoms in total. The number of hydroxylamine groups is 1. The van der Waals surface area contributed by atoms with Crippen LogP contribution in [0.1, 0.15) is 0 Å². The maximum atomic E-state index is 10.6. The molecule has 2 N–H and O–H groups in total. The van der Waals surface area contributed by atoms with Crippen LogP contribution >= 0.6 is 0 Å². The van der Waals surface area contributed by atoms with Crippen molar-refractivity contribution >= 4 is 6.09 Å². The standard InChI is InChI=1S/CH2FNO3/c2-3(6)1(4)5/h6H,(H,4,5). The number of hydrogen-bond donors (Lipinski definition) is 2. The summed E-state index contributed by atoms with van der Waals surface area (Å²) in [5, 5.41) is 13.1. The average molecular weight is 95.0 g/mol. The minimum absolute atomic E-state index is 1.42. The van der Waals surface area contributed by atoms with Crippen molar-refractivity contribution in [2.45, 2.75) is 0 Å². The van der Waals surface area contributed by atoms with Gasteiger partial charge in [0.05, 0.1) is 0 Å². The smallest absolute Gasteiger partial charge is 0.461 e. The first kappa shape index (κ1) is 5.16. The summed E-state index contributed by atoms with van der Waals surface area (Å²) in [6.45, 7) is 0. The summed E-state index contributed by atoms with van der Waals surface area (Å²) in [6, 6.07) is 0. The van der Waals surface area contributed by atoms with Gasteiger partial charge in [-0.25, -0.2) is 4.79 Å². The topological polar surface area (TPSA) is 60.8 Å². The molecule has 0 rings (SSSR count). The third kappa shape index (κ3) is 1.48. The summed E-state index contributed by atoms with van der Waals surface area (Å²) < 4.78 is 10.6. The van der Waals surface area contributed by atoms with Crippen LogP contribution in [0.4, 0.5) is 9.28 Å². The van der Waals surface area contributed by atoms with Crippen LogP contribution in [0.25, 0.3) is 0 Å². The van der Waals surface area contributed by atoms with E-state index in [2.05, 4.69) is 0 Å². The van der Waals surface area contributed by atoms with Gasteiger partial charge in [0.15, 0.2) is 0 Å². The number of rotatable bonds is 0. The van der Waals surface area contributed by atoms with Gasteiger partial charge >= 0.3 is 6.09 Å². The van der Waals surface area contributed by atoms with Crippen LogP contribution in [0.2, 0.25) is 0 Å². The van der Waals surface area contributed by atoms with Crippen molar-refractivity contribution in [3.8, 4) is 0 Å². The van der Waals surface area contributed by atoms with E-state index in [1.807, 2.05) is 0 Å². The van der Waals surface area contributed by atoms with Crippen LogP contribution in [0.5, 0.6) is 0 Å². The van der Waals surface area contributed by atoms with Crippen molar-refractivity contribution in [1.82, 2.24) is 5.29 Å². The molecule has 0 bridgehead atoms. The van der Waals surface area contributed by atoms with Crippen LogP contribution in [-0.4, -0.2) is 21.7 Å². The first-order valence-corrected chi connectivity index (χ1v) is 1.02.